The van der Waals surface area contributed by atoms with Gasteiger partial charge in [-0.05, 0) is 25.5 Å². The summed E-state index contributed by atoms with van der Waals surface area (Å²) in [4.78, 5) is 0. The van der Waals surface area contributed by atoms with Gasteiger partial charge in [0, 0.05) is 19.3 Å². The highest BCUT2D eigenvalue weighted by Gasteiger charge is 1.97. The summed E-state index contributed by atoms with van der Waals surface area (Å²) in [6.45, 7) is 3.97. The van der Waals surface area contributed by atoms with Gasteiger partial charge < -0.3 is 5.73 Å². The number of hydrogen-bond donors (Lipinski definition) is 1. The van der Waals surface area contributed by atoms with Crippen molar-refractivity contribution in [3.05, 3.63) is 23.5 Å². The number of hydrogen-bond acceptors (Lipinski definition) is 2. The lowest BCUT2D eigenvalue weighted by Crippen LogP contribution is -2.09. The van der Waals surface area contributed by atoms with Crippen molar-refractivity contribution in [3.8, 4) is 0 Å². The average Bonchev–Trinajstić information content (AvgIpc) is 2.26. The SMILES string of the molecule is Cc1cn(C)nc1/C=C/C(C)N. The topological polar surface area (TPSA) is 43.8 Å². The number of rotatable bonds is 2. The van der Waals surface area contributed by atoms with Gasteiger partial charge in [0.15, 0.2) is 0 Å². The molecule has 3 heteroatoms. The Morgan fingerprint density at radius 3 is 2.75 bits per heavy atom. The molecule has 3 nitrogen and oxygen atoms in total. The maximum Gasteiger partial charge on any atom is 0.0877 e. The molecule has 0 bridgehead atoms. The quantitative estimate of drug-likeness (QED) is 0.713. The minimum absolute atomic E-state index is 0.0893. The van der Waals surface area contributed by atoms with Crippen molar-refractivity contribution in [2.45, 2.75) is 19.9 Å². The third-order valence-electron chi connectivity index (χ3n) is 1.61. The standard InChI is InChI=1S/C9H15N3/c1-7-6-12(3)11-9(7)5-4-8(2)10/h4-6,8H,10H2,1-3H3/b5-4+. The van der Waals surface area contributed by atoms with Crippen LogP contribution in [0, 0.1) is 6.92 Å². The molecule has 1 unspecified atom stereocenters. The number of aryl methyl sites for hydroxylation is 2. The highest BCUT2D eigenvalue weighted by atomic mass is 15.2. The van der Waals surface area contributed by atoms with Crippen LogP contribution in [0.2, 0.25) is 0 Å². The number of nitrogens with two attached hydrogens (primary N) is 1. The molecule has 0 amide bonds. The molecule has 2 N–H and O–H groups in total. The van der Waals surface area contributed by atoms with E-state index in [1.165, 1.54) is 5.56 Å². The van der Waals surface area contributed by atoms with Crippen LogP contribution in [0.15, 0.2) is 12.3 Å². The van der Waals surface area contributed by atoms with E-state index >= 15 is 0 Å². The molecule has 1 aromatic heterocycles. The van der Waals surface area contributed by atoms with E-state index in [-0.39, 0.29) is 6.04 Å². The fourth-order valence-corrected chi connectivity index (χ4v) is 1.03. The minimum atomic E-state index is 0.0893. The van der Waals surface area contributed by atoms with E-state index in [2.05, 4.69) is 5.10 Å². The molecule has 1 aromatic rings. The average molecular weight is 165 g/mol. The largest absolute Gasteiger partial charge is 0.325 e. The van der Waals surface area contributed by atoms with E-state index in [1.807, 2.05) is 39.2 Å². The Morgan fingerprint density at radius 2 is 2.33 bits per heavy atom. The molecular weight excluding hydrogens is 150 g/mol. The monoisotopic (exact) mass is 165 g/mol. The maximum absolute atomic E-state index is 5.58. The second-order valence-corrected chi connectivity index (χ2v) is 3.09. The van der Waals surface area contributed by atoms with Crippen molar-refractivity contribution in [3.63, 3.8) is 0 Å². The van der Waals surface area contributed by atoms with Gasteiger partial charge in [-0.1, -0.05) is 6.08 Å². The van der Waals surface area contributed by atoms with Gasteiger partial charge in [0.1, 0.15) is 0 Å². The molecule has 1 heterocycles. The van der Waals surface area contributed by atoms with Crippen LogP contribution in [0.3, 0.4) is 0 Å². The second kappa shape index (κ2) is 3.54. The third kappa shape index (κ3) is 2.20. The lowest BCUT2D eigenvalue weighted by molar-refractivity contribution is 0.764. The van der Waals surface area contributed by atoms with Crippen LogP contribution in [-0.2, 0) is 7.05 Å². The van der Waals surface area contributed by atoms with Gasteiger partial charge in [-0.25, -0.2) is 0 Å². The van der Waals surface area contributed by atoms with Crippen molar-refractivity contribution in [1.29, 1.82) is 0 Å². The van der Waals surface area contributed by atoms with Crippen LogP contribution in [0.5, 0.6) is 0 Å². The highest BCUT2D eigenvalue weighted by molar-refractivity contribution is 5.48. The first-order valence-corrected chi connectivity index (χ1v) is 4.03. The molecule has 0 fully saturated rings. The van der Waals surface area contributed by atoms with Crippen molar-refractivity contribution < 1.29 is 0 Å². The van der Waals surface area contributed by atoms with E-state index in [9.17, 15) is 0 Å². The van der Waals surface area contributed by atoms with Gasteiger partial charge in [-0.3, -0.25) is 4.68 Å². The fourth-order valence-electron chi connectivity index (χ4n) is 1.03. The van der Waals surface area contributed by atoms with Crippen molar-refractivity contribution in [2.24, 2.45) is 12.8 Å². The molecule has 0 aliphatic rings. The zero-order valence-electron chi connectivity index (χ0n) is 7.78. The smallest absolute Gasteiger partial charge is 0.0877 e. The van der Waals surface area contributed by atoms with Crippen LogP contribution >= 0.6 is 0 Å². The highest BCUT2D eigenvalue weighted by Crippen LogP contribution is 2.06. The Labute approximate surface area is 72.9 Å². The van der Waals surface area contributed by atoms with E-state index in [4.69, 9.17) is 5.73 Å². The van der Waals surface area contributed by atoms with Gasteiger partial charge in [0.25, 0.3) is 0 Å². The van der Waals surface area contributed by atoms with Crippen molar-refractivity contribution in [1.82, 2.24) is 9.78 Å². The first kappa shape index (κ1) is 9.00. The summed E-state index contributed by atoms with van der Waals surface area (Å²) < 4.78 is 1.80. The Morgan fingerprint density at radius 1 is 1.67 bits per heavy atom. The Kier molecular flexibility index (Phi) is 2.65. The first-order chi connectivity index (χ1) is 5.59. The summed E-state index contributed by atoms with van der Waals surface area (Å²) in [5.41, 5.74) is 7.75. The molecule has 66 valence electrons. The first-order valence-electron chi connectivity index (χ1n) is 4.03. The predicted molar refractivity (Wildman–Crippen MR) is 50.6 cm³/mol. The molecule has 12 heavy (non-hydrogen) atoms. The van der Waals surface area contributed by atoms with Crippen LogP contribution in [0.1, 0.15) is 18.2 Å². The molecule has 0 aliphatic carbocycles. The molecular formula is C9H15N3. The Balaban J connectivity index is 2.81. The van der Waals surface area contributed by atoms with Crippen LogP contribution in [-0.4, -0.2) is 15.8 Å². The van der Waals surface area contributed by atoms with E-state index in [0.717, 1.165) is 5.69 Å². The van der Waals surface area contributed by atoms with E-state index in [1.54, 1.807) is 4.68 Å². The summed E-state index contributed by atoms with van der Waals surface area (Å²) >= 11 is 0. The molecule has 1 atom stereocenters. The molecule has 0 aromatic carbocycles. The van der Waals surface area contributed by atoms with Crippen LogP contribution in [0.25, 0.3) is 6.08 Å². The minimum Gasteiger partial charge on any atom is -0.325 e. The van der Waals surface area contributed by atoms with Crippen molar-refractivity contribution >= 4 is 6.08 Å². The molecule has 0 aliphatic heterocycles. The number of nitrogens with zero attached hydrogens (tertiary/aromatic N) is 2. The third-order valence-corrected chi connectivity index (χ3v) is 1.61. The summed E-state index contributed by atoms with van der Waals surface area (Å²) in [5.74, 6) is 0. The molecule has 0 saturated heterocycles. The Hall–Kier alpha value is -1.09. The Bertz CT molecular complexity index is 284. The molecule has 0 radical (unpaired) electrons. The van der Waals surface area contributed by atoms with Crippen LogP contribution in [0.4, 0.5) is 0 Å². The summed E-state index contributed by atoms with van der Waals surface area (Å²) in [6, 6.07) is 0.0893. The second-order valence-electron chi connectivity index (χ2n) is 3.09. The van der Waals surface area contributed by atoms with Gasteiger partial charge >= 0.3 is 0 Å². The van der Waals surface area contributed by atoms with Crippen LogP contribution < -0.4 is 5.73 Å². The lowest BCUT2D eigenvalue weighted by atomic mass is 10.2. The van der Waals surface area contributed by atoms with E-state index in [0.29, 0.717) is 0 Å². The lowest BCUT2D eigenvalue weighted by Gasteiger charge is -1.92. The van der Waals surface area contributed by atoms with Gasteiger partial charge in [-0.2, -0.15) is 5.10 Å². The molecule has 1 rings (SSSR count). The zero-order valence-corrected chi connectivity index (χ0v) is 7.78. The maximum atomic E-state index is 5.58. The summed E-state index contributed by atoms with van der Waals surface area (Å²) in [5, 5.41) is 4.26. The zero-order chi connectivity index (χ0) is 9.14. The van der Waals surface area contributed by atoms with Gasteiger partial charge in [0.05, 0.1) is 5.69 Å². The van der Waals surface area contributed by atoms with Gasteiger partial charge in [-0.15, -0.1) is 0 Å². The predicted octanol–water partition coefficient (Wildman–Crippen LogP) is 1.09. The summed E-state index contributed by atoms with van der Waals surface area (Å²) in [6.07, 6.45) is 5.89. The van der Waals surface area contributed by atoms with Crippen molar-refractivity contribution in [2.75, 3.05) is 0 Å². The fraction of sp³-hybridized carbons (Fsp3) is 0.444. The normalized spacial score (nSPS) is 14.0. The summed E-state index contributed by atoms with van der Waals surface area (Å²) in [7, 11) is 1.91. The molecule has 0 spiro atoms. The number of aromatic nitrogens is 2. The molecule has 0 saturated carbocycles. The van der Waals surface area contributed by atoms with Gasteiger partial charge in [0.2, 0.25) is 0 Å². The van der Waals surface area contributed by atoms with E-state index < -0.39 is 0 Å².